The average molecular weight is 464 g/mol. The van der Waals surface area contributed by atoms with Crippen LogP contribution in [-0.4, -0.2) is 70.6 Å². The number of alkyl halides is 2. The fraction of sp³-hybridized carbons (Fsp3) is 0.583. The summed E-state index contributed by atoms with van der Waals surface area (Å²) in [6, 6.07) is 7.30. The number of likely N-dealkylation sites (tertiary alicyclic amines) is 2. The third kappa shape index (κ3) is 5.75. The number of hydrogen-bond donors (Lipinski definition) is 1. The monoisotopic (exact) mass is 463 g/mol. The van der Waals surface area contributed by atoms with Crippen molar-refractivity contribution in [2.24, 2.45) is 0 Å². The summed E-state index contributed by atoms with van der Waals surface area (Å²) in [4.78, 5) is 31.2. The Balaban J connectivity index is 1.35. The molecular weight excluding hydrogens is 432 g/mol. The lowest BCUT2D eigenvalue weighted by molar-refractivity contribution is -0.0495. The second-order valence-corrected chi connectivity index (χ2v) is 9.86. The lowest BCUT2D eigenvalue weighted by Crippen LogP contribution is -2.44. The summed E-state index contributed by atoms with van der Waals surface area (Å²) in [7, 11) is 0. The van der Waals surface area contributed by atoms with Gasteiger partial charge in [0.2, 0.25) is 0 Å². The van der Waals surface area contributed by atoms with Crippen LogP contribution in [0.4, 0.5) is 13.6 Å². The molecule has 33 heavy (non-hydrogen) atoms. The van der Waals surface area contributed by atoms with E-state index in [4.69, 9.17) is 9.47 Å². The maximum Gasteiger partial charge on any atom is 0.410 e. The fourth-order valence-corrected chi connectivity index (χ4v) is 4.18. The molecule has 2 aliphatic heterocycles. The topological polar surface area (TPSA) is 74.9 Å². The van der Waals surface area contributed by atoms with E-state index in [-0.39, 0.29) is 44.0 Å². The quantitative estimate of drug-likeness (QED) is 0.708. The van der Waals surface area contributed by atoms with E-state index in [0.29, 0.717) is 37.4 Å². The second-order valence-electron chi connectivity index (χ2n) is 9.86. The van der Waals surface area contributed by atoms with E-state index in [1.54, 1.807) is 11.0 Å². The number of nitrogens with one attached hydrogen (secondary N) is 1. The standard InChI is InChI=1S/C24H31F2N3O4/c1-23(2,3)33-22(31)29-10-6-17(7-11-29)32-18-4-5-19-16(14-18)15-20(27-19)21(30)28-12-8-24(25,26)9-13-28/h4-5,14-15,17,27H,6-13H2,1-3H3. The van der Waals surface area contributed by atoms with E-state index < -0.39 is 11.5 Å². The highest BCUT2D eigenvalue weighted by molar-refractivity contribution is 5.98. The van der Waals surface area contributed by atoms with Gasteiger partial charge in [0.25, 0.3) is 11.8 Å². The van der Waals surface area contributed by atoms with Crippen LogP contribution in [0.5, 0.6) is 5.75 Å². The van der Waals surface area contributed by atoms with Crippen LogP contribution in [0.1, 0.15) is 56.9 Å². The van der Waals surface area contributed by atoms with E-state index in [2.05, 4.69) is 4.98 Å². The van der Waals surface area contributed by atoms with E-state index in [1.807, 2.05) is 39.0 Å². The predicted octanol–water partition coefficient (Wildman–Crippen LogP) is 4.82. The van der Waals surface area contributed by atoms with Gasteiger partial charge in [-0.05, 0) is 45.0 Å². The molecule has 3 heterocycles. The van der Waals surface area contributed by atoms with Crippen molar-refractivity contribution in [2.75, 3.05) is 26.2 Å². The molecule has 4 rings (SSSR count). The number of halogens is 2. The van der Waals surface area contributed by atoms with Gasteiger partial charge in [-0.15, -0.1) is 0 Å². The number of nitrogens with zero attached hydrogens (tertiary/aromatic N) is 2. The SMILES string of the molecule is CC(C)(C)OC(=O)N1CCC(Oc2ccc3[nH]c(C(=O)N4CCC(F)(F)CC4)cc3c2)CC1. The summed E-state index contributed by atoms with van der Waals surface area (Å²) in [6.45, 7) is 6.79. The van der Waals surface area contributed by atoms with Crippen molar-refractivity contribution in [3.63, 3.8) is 0 Å². The van der Waals surface area contributed by atoms with Gasteiger partial charge in [-0.25, -0.2) is 13.6 Å². The second kappa shape index (κ2) is 8.83. The summed E-state index contributed by atoms with van der Waals surface area (Å²) in [5, 5.41) is 0.824. The molecule has 1 aromatic carbocycles. The number of piperidine rings is 2. The van der Waals surface area contributed by atoms with E-state index in [9.17, 15) is 18.4 Å². The van der Waals surface area contributed by atoms with Crippen LogP contribution in [0.2, 0.25) is 0 Å². The van der Waals surface area contributed by atoms with Gasteiger partial charge in [0, 0.05) is 62.8 Å². The summed E-state index contributed by atoms with van der Waals surface area (Å²) >= 11 is 0. The minimum atomic E-state index is -2.69. The first-order chi connectivity index (χ1) is 15.5. The van der Waals surface area contributed by atoms with Gasteiger partial charge >= 0.3 is 6.09 Å². The van der Waals surface area contributed by atoms with Crippen LogP contribution in [0.3, 0.4) is 0 Å². The molecule has 9 heteroatoms. The van der Waals surface area contributed by atoms with Crippen LogP contribution in [0, 0.1) is 0 Å². The number of rotatable bonds is 3. The summed E-state index contributed by atoms with van der Waals surface area (Å²) in [5.74, 6) is -2.26. The minimum absolute atomic E-state index is 0.0174. The van der Waals surface area contributed by atoms with E-state index in [0.717, 1.165) is 10.9 Å². The molecule has 2 amide bonds. The van der Waals surface area contributed by atoms with E-state index in [1.165, 1.54) is 4.90 Å². The zero-order valence-electron chi connectivity index (χ0n) is 19.3. The first-order valence-electron chi connectivity index (χ1n) is 11.4. The van der Waals surface area contributed by atoms with Crippen molar-refractivity contribution in [3.8, 4) is 5.75 Å². The molecule has 0 unspecified atom stereocenters. The zero-order valence-corrected chi connectivity index (χ0v) is 19.3. The molecule has 2 aliphatic rings. The van der Waals surface area contributed by atoms with Crippen molar-refractivity contribution < 1.29 is 27.8 Å². The maximum atomic E-state index is 13.4. The first kappa shape index (κ1) is 23.3. The van der Waals surface area contributed by atoms with Crippen LogP contribution in [-0.2, 0) is 4.74 Å². The van der Waals surface area contributed by atoms with Crippen LogP contribution in [0.25, 0.3) is 10.9 Å². The normalized spacial score (nSPS) is 19.5. The molecule has 0 spiro atoms. The fourth-order valence-electron chi connectivity index (χ4n) is 4.18. The lowest BCUT2D eigenvalue weighted by atomic mass is 10.1. The van der Waals surface area contributed by atoms with Crippen LogP contribution in [0.15, 0.2) is 24.3 Å². The smallest absolute Gasteiger partial charge is 0.410 e. The Morgan fingerprint density at radius 3 is 2.33 bits per heavy atom. The Kier molecular flexibility index (Phi) is 6.24. The van der Waals surface area contributed by atoms with Crippen molar-refractivity contribution in [3.05, 3.63) is 30.0 Å². The molecule has 1 aromatic heterocycles. The molecule has 0 radical (unpaired) electrons. The van der Waals surface area contributed by atoms with Gasteiger partial charge in [-0.1, -0.05) is 0 Å². The van der Waals surface area contributed by atoms with Crippen LogP contribution < -0.4 is 4.74 Å². The average Bonchev–Trinajstić information content (AvgIpc) is 3.16. The maximum absolute atomic E-state index is 13.4. The Labute approximate surface area is 192 Å². The molecule has 2 fully saturated rings. The van der Waals surface area contributed by atoms with Crippen molar-refractivity contribution in [1.29, 1.82) is 0 Å². The third-order valence-electron chi connectivity index (χ3n) is 6.00. The molecule has 2 aromatic rings. The van der Waals surface area contributed by atoms with Gasteiger partial charge in [0.1, 0.15) is 23.1 Å². The van der Waals surface area contributed by atoms with Gasteiger partial charge < -0.3 is 24.3 Å². The highest BCUT2D eigenvalue weighted by atomic mass is 19.3. The summed E-state index contributed by atoms with van der Waals surface area (Å²) < 4.78 is 38.3. The lowest BCUT2D eigenvalue weighted by Gasteiger charge is -2.33. The highest BCUT2D eigenvalue weighted by Gasteiger charge is 2.36. The Morgan fingerprint density at radius 1 is 1.03 bits per heavy atom. The van der Waals surface area contributed by atoms with Crippen molar-refractivity contribution in [1.82, 2.24) is 14.8 Å². The van der Waals surface area contributed by atoms with Crippen molar-refractivity contribution in [2.45, 2.75) is 64.1 Å². The highest BCUT2D eigenvalue weighted by Crippen LogP contribution is 2.29. The number of benzene rings is 1. The molecule has 0 saturated carbocycles. The number of aromatic nitrogens is 1. The van der Waals surface area contributed by atoms with Gasteiger partial charge in [-0.2, -0.15) is 0 Å². The van der Waals surface area contributed by atoms with Crippen LogP contribution >= 0.6 is 0 Å². The Morgan fingerprint density at radius 2 is 1.70 bits per heavy atom. The Bertz CT molecular complexity index is 1010. The molecule has 0 bridgehead atoms. The number of hydrogen-bond acceptors (Lipinski definition) is 4. The minimum Gasteiger partial charge on any atom is -0.490 e. The predicted molar refractivity (Wildman–Crippen MR) is 120 cm³/mol. The number of ether oxygens (including phenoxy) is 2. The molecule has 7 nitrogen and oxygen atoms in total. The number of carbonyl (C=O) groups is 2. The number of fused-ring (bicyclic) bond motifs is 1. The number of H-pyrrole nitrogens is 1. The van der Waals surface area contributed by atoms with Gasteiger partial charge in [-0.3, -0.25) is 4.79 Å². The van der Waals surface area contributed by atoms with E-state index >= 15 is 0 Å². The number of amides is 2. The third-order valence-corrected chi connectivity index (χ3v) is 6.00. The van der Waals surface area contributed by atoms with Gasteiger partial charge in [0.05, 0.1) is 0 Å². The molecule has 1 N–H and O–H groups in total. The Hall–Kier alpha value is -2.84. The molecule has 0 atom stereocenters. The summed E-state index contributed by atoms with van der Waals surface area (Å²) in [5.41, 5.74) is 0.654. The molecule has 180 valence electrons. The first-order valence-corrected chi connectivity index (χ1v) is 11.4. The van der Waals surface area contributed by atoms with Crippen molar-refractivity contribution >= 4 is 22.9 Å². The number of aromatic amines is 1. The van der Waals surface area contributed by atoms with Gasteiger partial charge in [0.15, 0.2) is 0 Å². The molecule has 0 aliphatic carbocycles. The summed E-state index contributed by atoms with van der Waals surface area (Å²) in [6.07, 6.45) is 0.482. The number of carbonyl (C=O) groups excluding carboxylic acids is 2. The molecular formula is C24H31F2N3O4. The zero-order chi connectivity index (χ0) is 23.8. The largest absolute Gasteiger partial charge is 0.490 e. The molecule has 2 saturated heterocycles.